The molecule has 1 aliphatic rings. The number of amides is 1. The Hall–Kier alpha value is -1.93. The number of carbonyl (C=O) groups excluding carboxylic acids is 1. The summed E-state index contributed by atoms with van der Waals surface area (Å²) >= 11 is 6.27. The molecule has 1 amide bonds. The molecule has 0 spiro atoms. The van der Waals surface area contributed by atoms with E-state index in [1.165, 1.54) is 4.31 Å². The third kappa shape index (κ3) is 5.17. The number of sulfonamides is 1. The number of rotatable bonds is 6. The van der Waals surface area contributed by atoms with Crippen LogP contribution < -0.4 is 5.32 Å². The van der Waals surface area contributed by atoms with Crippen molar-refractivity contribution in [3.63, 3.8) is 0 Å². The van der Waals surface area contributed by atoms with Crippen molar-refractivity contribution in [1.29, 1.82) is 0 Å². The highest BCUT2D eigenvalue weighted by molar-refractivity contribution is 7.89. The van der Waals surface area contributed by atoms with Crippen molar-refractivity contribution in [1.82, 2.24) is 14.5 Å². The molecule has 0 aliphatic carbocycles. The molecule has 2 aromatic rings. The molecule has 0 saturated carbocycles. The SMILES string of the molecule is Cc1ccc(S(=O)(=O)N(CC(=O)N2CCNCC2)Cc2ccccc2Cl)cc1C. The Morgan fingerprint density at radius 2 is 1.79 bits per heavy atom. The summed E-state index contributed by atoms with van der Waals surface area (Å²) in [5, 5.41) is 3.67. The summed E-state index contributed by atoms with van der Waals surface area (Å²) in [5.41, 5.74) is 2.56. The first-order chi connectivity index (χ1) is 13.8. The van der Waals surface area contributed by atoms with E-state index in [2.05, 4.69) is 5.32 Å². The molecule has 1 saturated heterocycles. The molecule has 8 heteroatoms. The van der Waals surface area contributed by atoms with Crippen molar-refractivity contribution in [2.45, 2.75) is 25.3 Å². The van der Waals surface area contributed by atoms with E-state index < -0.39 is 10.0 Å². The number of aryl methyl sites for hydroxylation is 2. The highest BCUT2D eigenvalue weighted by Crippen LogP contribution is 2.24. The zero-order valence-electron chi connectivity index (χ0n) is 16.7. The summed E-state index contributed by atoms with van der Waals surface area (Å²) in [6, 6.07) is 12.1. The van der Waals surface area contributed by atoms with Gasteiger partial charge in [-0.05, 0) is 48.7 Å². The number of piperazine rings is 1. The van der Waals surface area contributed by atoms with Crippen LogP contribution in [0.15, 0.2) is 47.4 Å². The Bertz CT molecular complexity index is 988. The zero-order valence-corrected chi connectivity index (χ0v) is 18.3. The molecular weight excluding hydrogens is 410 g/mol. The van der Waals surface area contributed by atoms with Gasteiger partial charge in [-0.2, -0.15) is 4.31 Å². The second kappa shape index (κ2) is 9.26. The topological polar surface area (TPSA) is 69.7 Å². The van der Waals surface area contributed by atoms with Crippen LogP contribution in [0.2, 0.25) is 5.02 Å². The normalized spacial score (nSPS) is 15.0. The second-order valence-electron chi connectivity index (χ2n) is 7.24. The van der Waals surface area contributed by atoms with Gasteiger partial charge in [0.15, 0.2) is 0 Å². The number of carbonyl (C=O) groups is 1. The molecule has 3 rings (SSSR count). The monoisotopic (exact) mass is 435 g/mol. The Morgan fingerprint density at radius 3 is 2.45 bits per heavy atom. The van der Waals surface area contributed by atoms with Gasteiger partial charge in [0.2, 0.25) is 15.9 Å². The summed E-state index contributed by atoms with van der Waals surface area (Å²) in [6.45, 7) is 6.18. The molecule has 6 nitrogen and oxygen atoms in total. The van der Waals surface area contributed by atoms with E-state index in [4.69, 9.17) is 11.6 Å². The lowest BCUT2D eigenvalue weighted by atomic mass is 10.1. The molecule has 29 heavy (non-hydrogen) atoms. The predicted molar refractivity (Wildman–Crippen MR) is 114 cm³/mol. The summed E-state index contributed by atoms with van der Waals surface area (Å²) < 4.78 is 28.1. The summed E-state index contributed by atoms with van der Waals surface area (Å²) in [5.74, 6) is -0.203. The lowest BCUT2D eigenvalue weighted by Gasteiger charge is -2.30. The van der Waals surface area contributed by atoms with Crippen LogP contribution in [0.1, 0.15) is 16.7 Å². The Morgan fingerprint density at radius 1 is 1.10 bits per heavy atom. The Kier molecular flexibility index (Phi) is 6.95. The molecule has 1 aliphatic heterocycles. The third-order valence-corrected chi connectivity index (χ3v) is 7.36. The zero-order chi connectivity index (χ0) is 21.0. The number of hydrogen-bond acceptors (Lipinski definition) is 4. The molecule has 1 heterocycles. The van der Waals surface area contributed by atoms with Crippen molar-refractivity contribution >= 4 is 27.5 Å². The highest BCUT2D eigenvalue weighted by atomic mass is 35.5. The van der Waals surface area contributed by atoms with Crippen LogP contribution in [0.25, 0.3) is 0 Å². The molecule has 0 unspecified atom stereocenters. The molecule has 0 bridgehead atoms. The Balaban J connectivity index is 1.93. The van der Waals surface area contributed by atoms with Gasteiger partial charge in [-0.3, -0.25) is 4.79 Å². The molecule has 0 atom stereocenters. The third-order valence-electron chi connectivity index (χ3n) is 5.20. The summed E-state index contributed by atoms with van der Waals surface area (Å²) in [6.07, 6.45) is 0. The number of nitrogens with zero attached hydrogens (tertiary/aromatic N) is 2. The van der Waals surface area contributed by atoms with Crippen LogP contribution in [0, 0.1) is 13.8 Å². The van der Waals surface area contributed by atoms with Gasteiger partial charge in [-0.15, -0.1) is 0 Å². The first kappa shape index (κ1) is 21.8. The first-order valence-electron chi connectivity index (χ1n) is 9.58. The number of hydrogen-bond donors (Lipinski definition) is 1. The maximum Gasteiger partial charge on any atom is 0.243 e. The van der Waals surface area contributed by atoms with E-state index in [1.54, 1.807) is 47.4 Å². The number of benzene rings is 2. The number of halogens is 1. The van der Waals surface area contributed by atoms with Crippen molar-refractivity contribution in [2.24, 2.45) is 0 Å². The van der Waals surface area contributed by atoms with Gasteiger partial charge in [0.05, 0.1) is 11.4 Å². The first-order valence-corrected chi connectivity index (χ1v) is 11.4. The molecule has 1 N–H and O–H groups in total. The fourth-order valence-corrected chi connectivity index (χ4v) is 4.88. The molecule has 2 aromatic carbocycles. The molecule has 1 fully saturated rings. The van der Waals surface area contributed by atoms with Crippen LogP contribution in [-0.2, 0) is 21.4 Å². The van der Waals surface area contributed by atoms with Crippen LogP contribution in [0.3, 0.4) is 0 Å². The van der Waals surface area contributed by atoms with E-state index in [1.807, 2.05) is 13.8 Å². The van der Waals surface area contributed by atoms with E-state index in [-0.39, 0.29) is 23.9 Å². The summed E-state index contributed by atoms with van der Waals surface area (Å²) in [4.78, 5) is 14.7. The van der Waals surface area contributed by atoms with Crippen LogP contribution in [0.5, 0.6) is 0 Å². The fourth-order valence-electron chi connectivity index (χ4n) is 3.23. The van der Waals surface area contributed by atoms with Gasteiger partial charge in [0, 0.05) is 37.7 Å². The Labute approximate surface area is 177 Å². The van der Waals surface area contributed by atoms with Gasteiger partial charge in [-0.25, -0.2) is 8.42 Å². The van der Waals surface area contributed by atoms with Gasteiger partial charge in [-0.1, -0.05) is 35.9 Å². The maximum absolute atomic E-state index is 13.4. The highest BCUT2D eigenvalue weighted by Gasteiger charge is 2.29. The van der Waals surface area contributed by atoms with E-state index in [0.29, 0.717) is 36.8 Å². The lowest BCUT2D eigenvalue weighted by Crippen LogP contribution is -2.50. The average Bonchev–Trinajstić information content (AvgIpc) is 2.71. The predicted octanol–water partition coefficient (Wildman–Crippen LogP) is 2.58. The maximum atomic E-state index is 13.4. The van der Waals surface area contributed by atoms with E-state index >= 15 is 0 Å². The van der Waals surface area contributed by atoms with Crippen LogP contribution in [-0.4, -0.2) is 56.3 Å². The molecule has 0 radical (unpaired) electrons. The average molecular weight is 436 g/mol. The van der Waals surface area contributed by atoms with Crippen molar-refractivity contribution < 1.29 is 13.2 Å². The number of nitrogens with one attached hydrogen (secondary N) is 1. The fraction of sp³-hybridized carbons (Fsp3) is 0.381. The standard InChI is InChI=1S/C21H26ClN3O3S/c1-16-7-8-19(13-17(16)2)29(27,28)25(14-18-5-3-4-6-20(18)22)15-21(26)24-11-9-23-10-12-24/h3-8,13,23H,9-12,14-15H2,1-2H3. The van der Waals surface area contributed by atoms with Crippen molar-refractivity contribution in [3.05, 3.63) is 64.2 Å². The van der Waals surface area contributed by atoms with E-state index in [0.717, 1.165) is 11.1 Å². The van der Waals surface area contributed by atoms with Crippen LogP contribution >= 0.6 is 11.6 Å². The lowest BCUT2D eigenvalue weighted by molar-refractivity contribution is -0.132. The van der Waals surface area contributed by atoms with Gasteiger partial charge in [0.25, 0.3) is 0 Å². The molecule has 0 aromatic heterocycles. The van der Waals surface area contributed by atoms with Crippen molar-refractivity contribution in [3.8, 4) is 0 Å². The molecule has 156 valence electrons. The van der Waals surface area contributed by atoms with E-state index in [9.17, 15) is 13.2 Å². The second-order valence-corrected chi connectivity index (χ2v) is 9.59. The minimum absolute atomic E-state index is 0.0345. The minimum atomic E-state index is -3.88. The summed E-state index contributed by atoms with van der Waals surface area (Å²) in [7, 11) is -3.88. The van der Waals surface area contributed by atoms with Gasteiger partial charge >= 0.3 is 0 Å². The quantitative estimate of drug-likeness (QED) is 0.757. The molecular formula is C21H26ClN3O3S. The smallest absolute Gasteiger partial charge is 0.243 e. The minimum Gasteiger partial charge on any atom is -0.339 e. The van der Waals surface area contributed by atoms with Crippen molar-refractivity contribution in [2.75, 3.05) is 32.7 Å². The van der Waals surface area contributed by atoms with Crippen LogP contribution in [0.4, 0.5) is 0 Å². The van der Waals surface area contributed by atoms with Gasteiger partial charge < -0.3 is 10.2 Å². The van der Waals surface area contributed by atoms with Gasteiger partial charge in [0.1, 0.15) is 0 Å². The largest absolute Gasteiger partial charge is 0.339 e.